The van der Waals surface area contributed by atoms with E-state index in [1.54, 1.807) is 23.1 Å². The third-order valence-corrected chi connectivity index (χ3v) is 6.68. The summed E-state index contributed by atoms with van der Waals surface area (Å²) in [6.45, 7) is 4.82. The number of fused-ring (bicyclic) bond motifs is 2. The minimum Gasteiger partial charge on any atom is -0.488 e. The molecule has 0 fully saturated rings. The number of amides is 2. The monoisotopic (exact) mass is 478 g/mol. The van der Waals surface area contributed by atoms with Gasteiger partial charge < -0.3 is 29.9 Å². The third kappa shape index (κ3) is 5.18. The van der Waals surface area contributed by atoms with Crippen LogP contribution in [-0.2, 0) is 18.3 Å². The molecule has 0 saturated carbocycles. The van der Waals surface area contributed by atoms with Crippen molar-refractivity contribution in [3.8, 4) is 5.75 Å². The van der Waals surface area contributed by atoms with Crippen molar-refractivity contribution in [1.29, 1.82) is 0 Å². The van der Waals surface area contributed by atoms with Crippen molar-refractivity contribution >= 4 is 28.4 Å². The van der Waals surface area contributed by atoms with Gasteiger partial charge in [0.1, 0.15) is 11.9 Å². The molecule has 0 radical (unpaired) electrons. The topological polar surface area (TPSA) is 95.8 Å². The number of hydrogen-bond acceptors (Lipinski definition) is 5. The number of para-hydroxylation sites is 1. The van der Waals surface area contributed by atoms with E-state index in [4.69, 9.17) is 4.74 Å². The molecule has 35 heavy (non-hydrogen) atoms. The zero-order valence-corrected chi connectivity index (χ0v) is 20.7. The van der Waals surface area contributed by atoms with Crippen LogP contribution >= 0.6 is 0 Å². The van der Waals surface area contributed by atoms with E-state index in [-0.39, 0.29) is 42.9 Å². The Morgan fingerprint density at radius 2 is 2.03 bits per heavy atom. The zero-order chi connectivity index (χ0) is 25.1. The lowest BCUT2D eigenvalue weighted by Gasteiger charge is -2.37. The van der Waals surface area contributed by atoms with Crippen LogP contribution in [0, 0.1) is 5.92 Å². The van der Waals surface area contributed by atoms with Gasteiger partial charge in [-0.15, -0.1) is 0 Å². The number of nitrogens with one attached hydrogen (secondary N) is 2. The lowest BCUT2D eigenvalue weighted by atomic mass is 9.99. The van der Waals surface area contributed by atoms with Gasteiger partial charge in [-0.3, -0.25) is 9.59 Å². The van der Waals surface area contributed by atoms with Gasteiger partial charge >= 0.3 is 0 Å². The number of aryl methyl sites for hydroxylation is 1. The average Bonchev–Trinajstić information content (AvgIpc) is 3.16. The summed E-state index contributed by atoms with van der Waals surface area (Å²) in [6.07, 6.45) is 2.05. The van der Waals surface area contributed by atoms with Gasteiger partial charge in [0, 0.05) is 48.8 Å². The fourth-order valence-electron chi connectivity index (χ4n) is 4.69. The molecule has 0 bridgehead atoms. The van der Waals surface area contributed by atoms with E-state index in [0.29, 0.717) is 30.1 Å². The minimum atomic E-state index is -0.337. The molecule has 3 aromatic rings. The van der Waals surface area contributed by atoms with E-state index in [1.807, 2.05) is 63.0 Å². The Morgan fingerprint density at radius 1 is 1.26 bits per heavy atom. The Kier molecular flexibility index (Phi) is 7.42. The van der Waals surface area contributed by atoms with Gasteiger partial charge in [-0.25, -0.2) is 0 Å². The van der Waals surface area contributed by atoms with Crippen LogP contribution in [0.25, 0.3) is 10.9 Å². The fourth-order valence-corrected chi connectivity index (χ4v) is 4.69. The van der Waals surface area contributed by atoms with Crippen molar-refractivity contribution in [2.45, 2.75) is 32.4 Å². The molecule has 4 rings (SSSR count). The first kappa shape index (κ1) is 24.8. The van der Waals surface area contributed by atoms with Crippen molar-refractivity contribution < 1.29 is 19.4 Å². The smallest absolute Gasteiger partial charge is 0.258 e. The van der Waals surface area contributed by atoms with Gasteiger partial charge in [0.15, 0.2) is 0 Å². The Bertz CT molecular complexity index is 1220. The van der Waals surface area contributed by atoms with Gasteiger partial charge in [-0.1, -0.05) is 25.1 Å². The molecular weight excluding hydrogens is 444 g/mol. The average molecular weight is 479 g/mol. The van der Waals surface area contributed by atoms with Crippen molar-refractivity contribution in [1.82, 2.24) is 14.8 Å². The summed E-state index contributed by atoms with van der Waals surface area (Å²) in [4.78, 5) is 28.1. The maximum Gasteiger partial charge on any atom is 0.258 e. The summed E-state index contributed by atoms with van der Waals surface area (Å²) in [5.41, 5.74) is 2.92. The molecule has 1 aliphatic rings. The number of hydrogen-bond donors (Lipinski definition) is 3. The van der Waals surface area contributed by atoms with Crippen LogP contribution in [0.4, 0.5) is 5.69 Å². The molecule has 0 aliphatic carbocycles. The number of nitrogens with zero attached hydrogens (tertiary/aromatic N) is 2. The molecule has 8 nitrogen and oxygen atoms in total. The quantitative estimate of drug-likeness (QED) is 0.485. The molecule has 3 atom stereocenters. The molecule has 0 spiro atoms. The number of carbonyl (C=O) groups is 2. The molecule has 3 N–H and O–H groups in total. The lowest BCUT2D eigenvalue weighted by molar-refractivity contribution is -0.115. The zero-order valence-electron chi connectivity index (χ0n) is 20.7. The van der Waals surface area contributed by atoms with E-state index in [2.05, 4.69) is 10.6 Å². The van der Waals surface area contributed by atoms with Crippen LogP contribution in [0.5, 0.6) is 5.75 Å². The molecular formula is C27H34N4O4. The Labute approximate surface area is 205 Å². The van der Waals surface area contributed by atoms with Crippen molar-refractivity contribution in [2.24, 2.45) is 13.0 Å². The van der Waals surface area contributed by atoms with Gasteiger partial charge in [0.25, 0.3) is 5.91 Å². The predicted octanol–water partition coefficient (Wildman–Crippen LogP) is 2.80. The summed E-state index contributed by atoms with van der Waals surface area (Å²) in [5.74, 6) is 0.154. The normalized spacial score (nSPS) is 19.0. The number of benzene rings is 2. The van der Waals surface area contributed by atoms with Crippen LogP contribution < -0.4 is 15.4 Å². The highest BCUT2D eigenvalue weighted by Gasteiger charge is 2.32. The van der Waals surface area contributed by atoms with Crippen LogP contribution in [-0.4, -0.2) is 65.3 Å². The van der Waals surface area contributed by atoms with Crippen molar-refractivity contribution in [3.63, 3.8) is 0 Å². The summed E-state index contributed by atoms with van der Waals surface area (Å²) in [6, 6.07) is 12.8. The summed E-state index contributed by atoms with van der Waals surface area (Å²) in [5, 5.41) is 16.9. The molecule has 1 aromatic heterocycles. The minimum absolute atomic E-state index is 0.0635. The second kappa shape index (κ2) is 10.5. The Morgan fingerprint density at radius 3 is 2.77 bits per heavy atom. The number of rotatable bonds is 7. The molecule has 0 saturated heterocycles. The fraction of sp³-hybridized carbons (Fsp3) is 0.407. The SMILES string of the molecule is CNC[C@@H]1Oc2ccc(NC(=O)Cc3cn(C)c4ccccc34)cc2C(=O)N([C@@H](C)CO)C[C@@H]1C. The number of anilines is 1. The second-order valence-electron chi connectivity index (χ2n) is 9.40. The number of ether oxygens (including phenoxy) is 1. The van der Waals surface area contributed by atoms with Gasteiger partial charge in [-0.05, 0) is 43.8 Å². The van der Waals surface area contributed by atoms with Crippen LogP contribution in [0.15, 0.2) is 48.7 Å². The van der Waals surface area contributed by atoms with Crippen LogP contribution in [0.2, 0.25) is 0 Å². The van der Waals surface area contributed by atoms with Crippen LogP contribution in [0.1, 0.15) is 29.8 Å². The maximum atomic E-state index is 13.5. The molecule has 2 aromatic carbocycles. The standard InChI is InChI=1S/C27H34N4O4/c1-17-14-31(18(2)16-32)27(34)22-12-20(9-10-24(22)35-25(17)13-28-3)29-26(33)11-19-15-30(4)23-8-6-5-7-21(19)23/h5-10,12,15,17-18,25,28,32H,11,13-14,16H2,1-4H3,(H,29,33)/t17-,18-,25-/m0/s1. The van der Waals surface area contributed by atoms with E-state index in [9.17, 15) is 14.7 Å². The summed E-state index contributed by atoms with van der Waals surface area (Å²) < 4.78 is 8.25. The van der Waals surface area contributed by atoms with Gasteiger partial charge in [0.2, 0.25) is 5.91 Å². The summed E-state index contributed by atoms with van der Waals surface area (Å²) >= 11 is 0. The van der Waals surface area contributed by atoms with Gasteiger partial charge in [0.05, 0.1) is 24.6 Å². The second-order valence-corrected chi connectivity index (χ2v) is 9.40. The number of carbonyl (C=O) groups excluding carboxylic acids is 2. The molecule has 0 unspecified atom stereocenters. The highest BCUT2D eigenvalue weighted by molar-refractivity contribution is 6.00. The van der Waals surface area contributed by atoms with Crippen molar-refractivity contribution in [2.75, 3.05) is 32.1 Å². The lowest BCUT2D eigenvalue weighted by Crippen LogP contribution is -2.49. The van der Waals surface area contributed by atoms with Crippen LogP contribution in [0.3, 0.4) is 0 Å². The highest BCUT2D eigenvalue weighted by Crippen LogP contribution is 2.30. The number of aromatic nitrogens is 1. The van der Waals surface area contributed by atoms with E-state index in [1.165, 1.54) is 0 Å². The largest absolute Gasteiger partial charge is 0.488 e. The predicted molar refractivity (Wildman–Crippen MR) is 137 cm³/mol. The van der Waals surface area contributed by atoms with E-state index in [0.717, 1.165) is 16.5 Å². The van der Waals surface area contributed by atoms with E-state index < -0.39 is 0 Å². The first-order chi connectivity index (χ1) is 16.8. The first-order valence-electron chi connectivity index (χ1n) is 12.0. The molecule has 8 heteroatoms. The molecule has 186 valence electrons. The van der Waals surface area contributed by atoms with Gasteiger partial charge in [-0.2, -0.15) is 0 Å². The maximum absolute atomic E-state index is 13.5. The summed E-state index contributed by atoms with van der Waals surface area (Å²) in [7, 11) is 3.83. The Hall–Kier alpha value is -3.36. The molecule has 2 heterocycles. The third-order valence-electron chi connectivity index (χ3n) is 6.68. The molecule has 1 aliphatic heterocycles. The highest BCUT2D eigenvalue weighted by atomic mass is 16.5. The first-order valence-corrected chi connectivity index (χ1v) is 12.0. The number of aliphatic hydroxyl groups is 1. The van der Waals surface area contributed by atoms with Crippen molar-refractivity contribution in [3.05, 3.63) is 59.8 Å². The van der Waals surface area contributed by atoms with E-state index >= 15 is 0 Å². The number of aliphatic hydroxyl groups excluding tert-OH is 1. The Balaban J connectivity index is 1.60. The molecule has 2 amide bonds. The number of likely N-dealkylation sites (N-methyl/N-ethyl adjacent to an activating group) is 1.